The third-order valence-electron chi connectivity index (χ3n) is 1.74. The first-order valence-corrected chi connectivity index (χ1v) is 4.62. The number of rotatable bonds is 2. The lowest BCUT2D eigenvalue weighted by atomic mass is 10.1. The van der Waals surface area contributed by atoms with Crippen LogP contribution in [0.15, 0.2) is 29.4 Å². The molecule has 0 atom stereocenters. The van der Waals surface area contributed by atoms with Crippen molar-refractivity contribution >= 4 is 23.3 Å². The summed E-state index contributed by atoms with van der Waals surface area (Å²) >= 11 is 5.75. The number of hydrazone groups is 1. The molecule has 0 aliphatic heterocycles. The molecule has 0 aliphatic carbocycles. The first kappa shape index (κ1) is 11.5. The van der Waals surface area contributed by atoms with Crippen LogP contribution in [0.4, 0.5) is 0 Å². The number of hydrogen-bond acceptors (Lipinski definition) is 3. The second-order valence-corrected chi connectivity index (χ2v) is 3.27. The van der Waals surface area contributed by atoms with E-state index < -0.39 is 0 Å². The summed E-state index contributed by atoms with van der Waals surface area (Å²) in [7, 11) is 0. The van der Waals surface area contributed by atoms with Crippen LogP contribution in [0.2, 0.25) is 5.02 Å². The number of hydrogen-bond donors (Lipinski definition) is 4. The lowest BCUT2D eigenvalue weighted by Gasteiger charge is -2.03. The minimum atomic E-state index is -0.0664. The zero-order valence-electron chi connectivity index (χ0n) is 8.21. The van der Waals surface area contributed by atoms with Crippen molar-refractivity contribution in [3.63, 3.8) is 0 Å². The van der Waals surface area contributed by atoms with Gasteiger partial charge < -0.3 is 0 Å². The fourth-order valence-electron chi connectivity index (χ4n) is 0.928. The largest absolute Gasteiger partial charge is 0.293 e. The number of halogens is 1. The van der Waals surface area contributed by atoms with Gasteiger partial charge in [-0.15, -0.1) is 0 Å². The number of nitrogens with zero attached hydrogens (tertiary/aromatic N) is 1. The molecule has 0 bridgehead atoms. The summed E-state index contributed by atoms with van der Waals surface area (Å²) in [6.45, 7) is 1.82. The van der Waals surface area contributed by atoms with Crippen molar-refractivity contribution < 1.29 is 0 Å². The molecular formula is C9H12ClN5. The first-order valence-electron chi connectivity index (χ1n) is 4.25. The number of guanidine groups is 1. The minimum absolute atomic E-state index is 0.0664. The first-order chi connectivity index (χ1) is 7.13. The van der Waals surface area contributed by atoms with Crippen LogP contribution in [0.3, 0.4) is 0 Å². The summed E-state index contributed by atoms with van der Waals surface area (Å²) in [5.74, 6) is 4.93. The predicted molar refractivity (Wildman–Crippen MR) is 61.8 cm³/mol. The molecule has 0 unspecified atom stereocenters. The average Bonchev–Trinajstić information content (AvgIpc) is 2.26. The number of hydrazine groups is 1. The summed E-state index contributed by atoms with van der Waals surface area (Å²) < 4.78 is 0. The van der Waals surface area contributed by atoms with Crippen LogP contribution in [0.1, 0.15) is 12.5 Å². The molecule has 0 heterocycles. The lowest BCUT2D eigenvalue weighted by Crippen LogP contribution is -2.38. The molecule has 0 saturated heterocycles. The Hall–Kier alpha value is -1.59. The van der Waals surface area contributed by atoms with Crippen LogP contribution >= 0.6 is 11.6 Å². The summed E-state index contributed by atoms with van der Waals surface area (Å²) in [6, 6.07) is 7.26. The van der Waals surface area contributed by atoms with E-state index in [1.165, 1.54) is 0 Å². The highest BCUT2D eigenvalue weighted by molar-refractivity contribution is 6.30. The molecule has 0 amide bonds. The van der Waals surface area contributed by atoms with Gasteiger partial charge in [0.25, 0.3) is 0 Å². The van der Waals surface area contributed by atoms with Gasteiger partial charge in [0.15, 0.2) is 0 Å². The summed E-state index contributed by atoms with van der Waals surface area (Å²) in [6.07, 6.45) is 0. The predicted octanol–water partition coefficient (Wildman–Crippen LogP) is 1.05. The number of benzene rings is 1. The van der Waals surface area contributed by atoms with Crippen LogP contribution in [0.5, 0.6) is 0 Å². The number of nitrogens with two attached hydrogens (primary N) is 1. The highest BCUT2D eigenvalue weighted by Crippen LogP contribution is 2.09. The third kappa shape index (κ3) is 3.57. The fraction of sp³-hybridized carbons (Fsp3) is 0.111. The van der Waals surface area contributed by atoms with Gasteiger partial charge in [-0.05, 0) is 24.6 Å². The smallest absolute Gasteiger partial charge is 0.223 e. The maximum atomic E-state index is 7.15. The van der Waals surface area contributed by atoms with E-state index >= 15 is 0 Å². The standard InChI is InChI=1S/C9H12ClN5/c1-6(14-15-9(11)13-12)7-2-4-8(10)5-3-7/h2-5H,12H2,1H3,(H3,11,13,15)/b14-6+. The zero-order valence-corrected chi connectivity index (χ0v) is 8.97. The van der Waals surface area contributed by atoms with E-state index in [1.807, 2.05) is 19.1 Å². The topological polar surface area (TPSA) is 86.3 Å². The Bertz CT molecular complexity index is 371. The second-order valence-electron chi connectivity index (χ2n) is 2.84. The normalized spacial score (nSPS) is 11.0. The molecule has 15 heavy (non-hydrogen) atoms. The van der Waals surface area contributed by atoms with Gasteiger partial charge in [-0.1, -0.05) is 23.7 Å². The van der Waals surface area contributed by atoms with Crippen LogP contribution in [0.25, 0.3) is 0 Å². The van der Waals surface area contributed by atoms with E-state index in [1.54, 1.807) is 12.1 Å². The van der Waals surface area contributed by atoms with E-state index in [4.69, 9.17) is 22.9 Å². The second kappa shape index (κ2) is 5.33. The van der Waals surface area contributed by atoms with Gasteiger partial charge in [-0.2, -0.15) is 5.10 Å². The van der Waals surface area contributed by atoms with Crippen LogP contribution in [-0.4, -0.2) is 11.7 Å². The van der Waals surface area contributed by atoms with E-state index in [0.29, 0.717) is 5.02 Å². The van der Waals surface area contributed by atoms with Crippen LogP contribution in [-0.2, 0) is 0 Å². The highest BCUT2D eigenvalue weighted by atomic mass is 35.5. The Labute approximate surface area is 92.8 Å². The maximum absolute atomic E-state index is 7.15. The Kier molecular flexibility index (Phi) is 4.08. The van der Waals surface area contributed by atoms with E-state index in [0.717, 1.165) is 11.3 Å². The van der Waals surface area contributed by atoms with E-state index in [2.05, 4.69) is 16.0 Å². The van der Waals surface area contributed by atoms with Gasteiger partial charge in [0.05, 0.1) is 5.71 Å². The Morgan fingerprint density at radius 3 is 2.53 bits per heavy atom. The molecule has 5 N–H and O–H groups in total. The van der Waals surface area contributed by atoms with Gasteiger partial charge in [-0.3, -0.25) is 10.8 Å². The summed E-state index contributed by atoms with van der Waals surface area (Å²) in [4.78, 5) is 0. The molecule has 0 aromatic heterocycles. The van der Waals surface area contributed by atoms with Gasteiger partial charge in [0.2, 0.25) is 5.96 Å². The molecule has 6 heteroatoms. The van der Waals surface area contributed by atoms with Crippen molar-refractivity contribution in [1.82, 2.24) is 10.9 Å². The molecule has 1 aromatic carbocycles. The maximum Gasteiger partial charge on any atom is 0.223 e. The monoisotopic (exact) mass is 225 g/mol. The summed E-state index contributed by atoms with van der Waals surface area (Å²) in [5.41, 5.74) is 6.24. The Morgan fingerprint density at radius 1 is 1.40 bits per heavy atom. The van der Waals surface area contributed by atoms with Crippen LogP contribution < -0.4 is 16.7 Å². The SMILES string of the molecule is C/C(=N\NC(=N)NN)c1ccc(Cl)cc1. The molecule has 1 rings (SSSR count). The van der Waals surface area contributed by atoms with Crippen molar-refractivity contribution in [3.05, 3.63) is 34.9 Å². The number of nitrogens with one attached hydrogen (secondary N) is 3. The molecular weight excluding hydrogens is 214 g/mol. The quantitative estimate of drug-likeness (QED) is 0.263. The third-order valence-corrected chi connectivity index (χ3v) is 1.99. The molecule has 0 aliphatic rings. The molecule has 0 spiro atoms. The van der Waals surface area contributed by atoms with Crippen molar-refractivity contribution in [2.75, 3.05) is 0 Å². The minimum Gasteiger partial charge on any atom is -0.293 e. The van der Waals surface area contributed by atoms with Crippen molar-refractivity contribution in [1.29, 1.82) is 5.41 Å². The van der Waals surface area contributed by atoms with Gasteiger partial charge in [0, 0.05) is 5.02 Å². The fourth-order valence-corrected chi connectivity index (χ4v) is 1.05. The van der Waals surface area contributed by atoms with Gasteiger partial charge in [-0.25, -0.2) is 11.3 Å². The molecule has 80 valence electrons. The van der Waals surface area contributed by atoms with Crippen molar-refractivity contribution in [3.8, 4) is 0 Å². The van der Waals surface area contributed by atoms with E-state index in [9.17, 15) is 0 Å². The lowest BCUT2D eigenvalue weighted by molar-refractivity contribution is 0.885. The molecule has 1 aromatic rings. The van der Waals surface area contributed by atoms with Crippen LogP contribution in [0, 0.1) is 5.41 Å². The van der Waals surface area contributed by atoms with Crippen molar-refractivity contribution in [2.24, 2.45) is 10.9 Å². The van der Waals surface area contributed by atoms with E-state index in [-0.39, 0.29) is 5.96 Å². The highest BCUT2D eigenvalue weighted by Gasteiger charge is 1.97. The van der Waals surface area contributed by atoms with Crippen molar-refractivity contribution in [2.45, 2.75) is 6.92 Å². The van der Waals surface area contributed by atoms with Gasteiger partial charge >= 0.3 is 0 Å². The Balaban J connectivity index is 2.71. The molecule has 0 fully saturated rings. The summed E-state index contributed by atoms with van der Waals surface area (Å²) in [5, 5.41) is 11.8. The average molecular weight is 226 g/mol. The Morgan fingerprint density at radius 2 is 2.00 bits per heavy atom. The molecule has 5 nitrogen and oxygen atoms in total. The van der Waals surface area contributed by atoms with Gasteiger partial charge in [0.1, 0.15) is 0 Å². The molecule has 0 radical (unpaired) electrons. The molecule has 0 saturated carbocycles. The zero-order chi connectivity index (χ0) is 11.3.